The summed E-state index contributed by atoms with van der Waals surface area (Å²) in [4.78, 5) is 8.62. The molecular formula is C34H26N2Si. The van der Waals surface area contributed by atoms with Crippen LogP contribution in [0.1, 0.15) is 0 Å². The van der Waals surface area contributed by atoms with Crippen LogP contribution in [-0.4, -0.2) is 18.0 Å². The molecule has 0 fully saturated rings. The van der Waals surface area contributed by atoms with E-state index in [1.165, 1.54) is 31.9 Å². The van der Waals surface area contributed by atoms with Crippen molar-refractivity contribution in [3.8, 4) is 22.3 Å². The predicted molar refractivity (Wildman–Crippen MR) is 157 cm³/mol. The van der Waals surface area contributed by atoms with E-state index in [1.807, 2.05) is 36.9 Å². The van der Waals surface area contributed by atoms with E-state index in [2.05, 4.69) is 131 Å². The second-order valence-electron chi connectivity index (χ2n) is 9.12. The molecule has 0 amide bonds. The summed E-state index contributed by atoms with van der Waals surface area (Å²) < 4.78 is 0. The molecule has 0 aliphatic carbocycles. The van der Waals surface area contributed by atoms with Crippen LogP contribution < -0.4 is 20.7 Å². The molecule has 6 aromatic rings. The van der Waals surface area contributed by atoms with Gasteiger partial charge in [-0.2, -0.15) is 0 Å². The molecule has 0 unspecified atom stereocenters. The highest BCUT2D eigenvalue weighted by molar-refractivity contribution is 7.19. The van der Waals surface area contributed by atoms with E-state index in [0.717, 1.165) is 11.1 Å². The lowest BCUT2D eigenvalue weighted by Gasteiger charge is -2.34. The molecule has 0 saturated heterocycles. The molecule has 4 aromatic carbocycles. The van der Waals surface area contributed by atoms with Crippen LogP contribution in [0.15, 0.2) is 158 Å². The molecule has 0 atom stereocenters. The van der Waals surface area contributed by atoms with E-state index >= 15 is 0 Å². The minimum absolute atomic E-state index is 1.13. The second-order valence-corrected chi connectivity index (χ2v) is 12.9. The molecule has 37 heavy (non-hydrogen) atoms. The van der Waals surface area contributed by atoms with Gasteiger partial charge in [0.15, 0.2) is 8.07 Å². The van der Waals surface area contributed by atoms with E-state index in [4.69, 9.17) is 0 Å². The Morgan fingerprint density at radius 2 is 0.703 bits per heavy atom. The molecule has 0 aliphatic rings. The van der Waals surface area contributed by atoms with Gasteiger partial charge in [-0.3, -0.25) is 9.97 Å². The van der Waals surface area contributed by atoms with Gasteiger partial charge in [0, 0.05) is 24.8 Å². The zero-order chi connectivity index (χ0) is 24.9. The summed E-state index contributed by atoms with van der Waals surface area (Å²) in [6.07, 6.45) is 7.47. The van der Waals surface area contributed by atoms with Gasteiger partial charge in [0.2, 0.25) is 0 Å². The molecule has 0 spiro atoms. The average molecular weight is 491 g/mol. The van der Waals surface area contributed by atoms with Crippen molar-refractivity contribution in [2.24, 2.45) is 0 Å². The highest BCUT2D eigenvalue weighted by atomic mass is 28.3. The molecule has 6 rings (SSSR count). The van der Waals surface area contributed by atoms with E-state index in [9.17, 15) is 0 Å². The molecule has 0 saturated carbocycles. The fraction of sp³-hybridized carbons (Fsp3) is 0. The van der Waals surface area contributed by atoms with Gasteiger partial charge in [0.05, 0.1) is 0 Å². The fourth-order valence-electron chi connectivity index (χ4n) is 5.27. The third-order valence-corrected chi connectivity index (χ3v) is 11.8. The summed E-state index contributed by atoms with van der Waals surface area (Å²) in [5.41, 5.74) is 4.60. The maximum Gasteiger partial charge on any atom is 0.179 e. The molecule has 0 N–H and O–H groups in total. The molecule has 2 heterocycles. The number of aromatic nitrogens is 2. The van der Waals surface area contributed by atoms with E-state index < -0.39 is 8.07 Å². The molecule has 0 bridgehead atoms. The van der Waals surface area contributed by atoms with Gasteiger partial charge in [0.1, 0.15) is 0 Å². The Kier molecular flexibility index (Phi) is 6.28. The highest BCUT2D eigenvalue weighted by Gasteiger charge is 2.41. The zero-order valence-electron chi connectivity index (χ0n) is 20.4. The standard InChI is InChI=1S/C34H26N2Si/c1-3-11-31(12-4-1)37(32-13-5-2-6-14-32,33-19-15-27(16-20-33)29-9-7-23-35-25-29)34-21-17-28(18-22-34)30-10-8-24-36-26-30/h1-26H. The van der Waals surface area contributed by atoms with Gasteiger partial charge < -0.3 is 0 Å². The van der Waals surface area contributed by atoms with Crippen molar-refractivity contribution in [3.63, 3.8) is 0 Å². The van der Waals surface area contributed by atoms with Gasteiger partial charge in [-0.1, -0.05) is 121 Å². The first-order valence-electron chi connectivity index (χ1n) is 12.5. The third-order valence-electron chi connectivity index (χ3n) is 7.04. The Labute approximate surface area is 219 Å². The lowest BCUT2D eigenvalue weighted by molar-refractivity contribution is 1.33. The summed E-state index contributed by atoms with van der Waals surface area (Å²) in [5, 5.41) is 5.44. The Morgan fingerprint density at radius 3 is 1.05 bits per heavy atom. The van der Waals surface area contributed by atoms with Gasteiger partial charge in [-0.25, -0.2) is 0 Å². The van der Waals surface area contributed by atoms with Crippen LogP contribution in [0.2, 0.25) is 0 Å². The van der Waals surface area contributed by atoms with Crippen molar-refractivity contribution >= 4 is 28.8 Å². The summed E-state index contributed by atoms with van der Waals surface area (Å²) in [7, 11) is -2.58. The maximum atomic E-state index is 4.31. The monoisotopic (exact) mass is 490 g/mol. The van der Waals surface area contributed by atoms with Gasteiger partial charge in [-0.05, 0) is 55.1 Å². The predicted octanol–water partition coefficient (Wildman–Crippen LogP) is 5.19. The average Bonchev–Trinajstić information content (AvgIpc) is 3.00. The quantitative estimate of drug-likeness (QED) is 0.237. The summed E-state index contributed by atoms with van der Waals surface area (Å²) in [6.45, 7) is 0. The van der Waals surface area contributed by atoms with Crippen molar-refractivity contribution < 1.29 is 0 Å². The lowest BCUT2D eigenvalue weighted by Crippen LogP contribution is -2.74. The molecule has 2 nitrogen and oxygen atoms in total. The summed E-state index contributed by atoms with van der Waals surface area (Å²) >= 11 is 0. The minimum Gasteiger partial charge on any atom is -0.264 e. The van der Waals surface area contributed by atoms with Crippen LogP contribution in [0, 0.1) is 0 Å². The zero-order valence-corrected chi connectivity index (χ0v) is 21.4. The number of benzene rings is 4. The molecular weight excluding hydrogens is 464 g/mol. The smallest absolute Gasteiger partial charge is 0.179 e. The maximum absolute atomic E-state index is 4.31. The fourth-order valence-corrected chi connectivity index (χ4v) is 9.99. The van der Waals surface area contributed by atoms with Crippen molar-refractivity contribution in [1.29, 1.82) is 0 Å². The molecule has 176 valence electrons. The number of nitrogens with zero attached hydrogens (tertiary/aromatic N) is 2. The van der Waals surface area contributed by atoms with E-state index in [0.29, 0.717) is 0 Å². The van der Waals surface area contributed by atoms with Gasteiger partial charge in [0.25, 0.3) is 0 Å². The summed E-state index contributed by atoms with van der Waals surface area (Å²) in [6, 6.07) is 48.5. The Bertz CT molecular complexity index is 1440. The first-order chi connectivity index (χ1) is 18.4. The van der Waals surface area contributed by atoms with Crippen LogP contribution in [0.5, 0.6) is 0 Å². The third kappa shape index (κ3) is 4.30. The molecule has 2 aromatic heterocycles. The SMILES string of the molecule is c1ccc([Si](c2ccccc2)(c2ccc(-c3cccnc3)cc2)c2ccc(-c3cccnc3)cc2)cc1. The Hall–Kier alpha value is -4.60. The Balaban J connectivity index is 1.57. The van der Waals surface area contributed by atoms with E-state index in [-0.39, 0.29) is 0 Å². The summed E-state index contributed by atoms with van der Waals surface area (Å²) in [5.74, 6) is 0. The lowest BCUT2D eigenvalue weighted by atomic mass is 10.1. The van der Waals surface area contributed by atoms with Crippen LogP contribution >= 0.6 is 0 Å². The number of rotatable bonds is 6. The number of hydrogen-bond acceptors (Lipinski definition) is 2. The first-order valence-corrected chi connectivity index (χ1v) is 14.5. The van der Waals surface area contributed by atoms with Crippen LogP contribution in [0.4, 0.5) is 0 Å². The minimum atomic E-state index is -2.58. The van der Waals surface area contributed by atoms with E-state index in [1.54, 1.807) is 0 Å². The molecule has 0 aliphatic heterocycles. The highest BCUT2D eigenvalue weighted by Crippen LogP contribution is 2.20. The van der Waals surface area contributed by atoms with Crippen molar-refractivity contribution in [2.75, 3.05) is 0 Å². The number of hydrogen-bond donors (Lipinski definition) is 0. The van der Waals surface area contributed by atoms with Crippen LogP contribution in [0.3, 0.4) is 0 Å². The van der Waals surface area contributed by atoms with Crippen LogP contribution in [-0.2, 0) is 0 Å². The van der Waals surface area contributed by atoms with Crippen molar-refractivity contribution in [3.05, 3.63) is 158 Å². The number of pyridine rings is 2. The van der Waals surface area contributed by atoms with Crippen molar-refractivity contribution in [1.82, 2.24) is 9.97 Å². The van der Waals surface area contributed by atoms with Crippen LogP contribution in [0.25, 0.3) is 22.3 Å². The first kappa shape index (κ1) is 22.8. The topological polar surface area (TPSA) is 25.8 Å². The molecule has 3 heteroatoms. The molecule has 0 radical (unpaired) electrons. The Morgan fingerprint density at radius 1 is 0.324 bits per heavy atom. The van der Waals surface area contributed by atoms with Crippen molar-refractivity contribution in [2.45, 2.75) is 0 Å². The largest absolute Gasteiger partial charge is 0.264 e. The normalized spacial score (nSPS) is 11.2. The second kappa shape index (κ2) is 10.2. The van der Waals surface area contributed by atoms with Gasteiger partial charge >= 0.3 is 0 Å². The van der Waals surface area contributed by atoms with Gasteiger partial charge in [-0.15, -0.1) is 0 Å².